The first kappa shape index (κ1) is 25.4. The van der Waals surface area contributed by atoms with E-state index in [0.717, 1.165) is 31.8 Å². The molecule has 0 spiro atoms. The molecular weight excluding hydrogens is 402 g/mol. The maximum atomic E-state index is 9.45. The van der Waals surface area contributed by atoms with E-state index in [4.69, 9.17) is 14.9 Å². The van der Waals surface area contributed by atoms with Crippen molar-refractivity contribution in [2.45, 2.75) is 51.2 Å². The van der Waals surface area contributed by atoms with Gasteiger partial charge in [-0.15, -0.1) is 0 Å². The molecule has 5 nitrogen and oxygen atoms in total. The molecule has 2 unspecified atom stereocenters. The molecule has 0 aliphatic heterocycles. The normalized spacial score (nSPS) is 18.3. The van der Waals surface area contributed by atoms with Gasteiger partial charge in [-0.25, -0.2) is 4.79 Å². The number of rotatable bonds is 9. The molecular formula is C27H35NO4. The van der Waals surface area contributed by atoms with Gasteiger partial charge in [-0.05, 0) is 63.4 Å². The summed E-state index contributed by atoms with van der Waals surface area (Å²) in [5, 5.41) is 19.5. The summed E-state index contributed by atoms with van der Waals surface area (Å²) in [6.07, 6.45) is 7.30. The molecule has 0 fully saturated rings. The molecule has 172 valence electrons. The van der Waals surface area contributed by atoms with E-state index in [1.807, 2.05) is 6.92 Å². The Morgan fingerprint density at radius 3 is 2.03 bits per heavy atom. The van der Waals surface area contributed by atoms with Crippen molar-refractivity contribution >= 4 is 5.97 Å². The van der Waals surface area contributed by atoms with E-state index >= 15 is 0 Å². The number of allylic oxidation sites excluding steroid dienone is 1. The Morgan fingerprint density at radius 1 is 1.09 bits per heavy atom. The Kier molecular flexibility index (Phi) is 10.2. The van der Waals surface area contributed by atoms with Crippen molar-refractivity contribution < 1.29 is 19.7 Å². The molecule has 3 N–H and O–H groups in total. The van der Waals surface area contributed by atoms with Gasteiger partial charge in [0.2, 0.25) is 0 Å². The molecule has 2 aromatic rings. The van der Waals surface area contributed by atoms with Crippen molar-refractivity contribution in [3.05, 3.63) is 95.8 Å². The second-order valence-electron chi connectivity index (χ2n) is 8.10. The van der Waals surface area contributed by atoms with E-state index in [-0.39, 0.29) is 5.54 Å². The second kappa shape index (κ2) is 12.8. The zero-order chi connectivity index (χ0) is 23.4. The molecule has 5 heteroatoms. The highest BCUT2D eigenvalue weighted by Gasteiger charge is 2.23. The van der Waals surface area contributed by atoms with Crippen molar-refractivity contribution in [2.75, 3.05) is 13.2 Å². The molecule has 1 aliphatic rings. The first-order valence-corrected chi connectivity index (χ1v) is 11.1. The molecule has 2 aromatic carbocycles. The number of carbonyl (C=O) groups is 1. The van der Waals surface area contributed by atoms with Gasteiger partial charge in [-0.3, -0.25) is 0 Å². The zero-order valence-electron chi connectivity index (χ0n) is 19.2. The number of ether oxygens (including phenoxy) is 1. The summed E-state index contributed by atoms with van der Waals surface area (Å²) < 4.78 is 5.58. The van der Waals surface area contributed by atoms with Gasteiger partial charge in [0.15, 0.2) is 0 Å². The molecule has 1 aliphatic carbocycles. The first-order chi connectivity index (χ1) is 15.3. The highest BCUT2D eigenvalue weighted by Crippen LogP contribution is 2.28. The Labute approximate surface area is 191 Å². The molecule has 0 amide bonds. The number of hydrogen-bond acceptors (Lipinski definition) is 4. The number of carboxylic acids is 1. The topological polar surface area (TPSA) is 78.8 Å². The number of benzene rings is 2. The van der Waals surface area contributed by atoms with E-state index in [1.54, 1.807) is 0 Å². The minimum Gasteiger partial charge on any atom is -0.494 e. The van der Waals surface area contributed by atoms with Crippen LogP contribution in [0.15, 0.2) is 84.7 Å². The van der Waals surface area contributed by atoms with Gasteiger partial charge >= 0.3 is 5.97 Å². The fraction of sp³-hybridized carbons (Fsp3) is 0.370. The Hall–Kier alpha value is -2.89. The predicted molar refractivity (Wildman–Crippen MR) is 129 cm³/mol. The lowest BCUT2D eigenvalue weighted by molar-refractivity contribution is -0.145. The van der Waals surface area contributed by atoms with Crippen LogP contribution in [-0.4, -0.2) is 41.0 Å². The van der Waals surface area contributed by atoms with E-state index in [9.17, 15) is 4.79 Å². The number of aliphatic hydroxyl groups is 1. The molecule has 0 saturated carbocycles. The molecule has 0 radical (unpaired) electrons. The van der Waals surface area contributed by atoms with Gasteiger partial charge < -0.3 is 20.3 Å². The monoisotopic (exact) mass is 437 g/mol. The molecule has 0 saturated heterocycles. The fourth-order valence-electron chi connectivity index (χ4n) is 3.52. The van der Waals surface area contributed by atoms with Crippen molar-refractivity contribution in [1.82, 2.24) is 5.32 Å². The molecule has 0 heterocycles. The van der Waals surface area contributed by atoms with Crippen LogP contribution in [0.2, 0.25) is 0 Å². The zero-order valence-corrected chi connectivity index (χ0v) is 19.2. The van der Waals surface area contributed by atoms with Crippen molar-refractivity contribution in [3.8, 4) is 0 Å². The van der Waals surface area contributed by atoms with E-state index in [1.165, 1.54) is 18.1 Å². The lowest BCUT2D eigenvalue weighted by Gasteiger charge is -2.30. The van der Waals surface area contributed by atoms with Crippen LogP contribution in [0.4, 0.5) is 0 Å². The van der Waals surface area contributed by atoms with Crippen LogP contribution in [0.1, 0.15) is 50.7 Å². The third kappa shape index (κ3) is 8.33. The van der Waals surface area contributed by atoms with Gasteiger partial charge in [-0.2, -0.15) is 0 Å². The van der Waals surface area contributed by atoms with Crippen molar-refractivity contribution in [2.24, 2.45) is 0 Å². The van der Waals surface area contributed by atoms with Gasteiger partial charge in [0.25, 0.3) is 0 Å². The minimum atomic E-state index is -1.23. The van der Waals surface area contributed by atoms with Gasteiger partial charge in [0.1, 0.15) is 11.9 Å². The van der Waals surface area contributed by atoms with Gasteiger partial charge in [0.05, 0.1) is 6.61 Å². The predicted octanol–water partition coefficient (Wildman–Crippen LogP) is 4.89. The average Bonchev–Trinajstić information content (AvgIpc) is 2.80. The lowest BCUT2D eigenvalue weighted by atomic mass is 9.87. The minimum absolute atomic E-state index is 0.00146. The molecule has 0 bridgehead atoms. The quantitative estimate of drug-likeness (QED) is 0.521. The van der Waals surface area contributed by atoms with E-state index in [0.29, 0.717) is 5.92 Å². The summed E-state index contributed by atoms with van der Waals surface area (Å²) in [7, 11) is 0. The van der Waals surface area contributed by atoms with Crippen LogP contribution in [0.25, 0.3) is 0 Å². The Bertz CT molecular complexity index is 838. The first-order valence-electron chi connectivity index (χ1n) is 11.1. The maximum absolute atomic E-state index is 9.45. The molecule has 3 rings (SSSR count). The standard InChI is InChI=1S/C24H29NO.C3H6O3/c1-3-26-22-14-17-24(2,18-15-22)25-19-16-23(20-10-6-4-7-11-20)21-12-8-5-9-13-21;1-2(4)3(5)6/h4-15,17,23,25H,3,16,18-19H2,1-2H3;2,4H,1H3,(H,5,6). The molecule has 0 aromatic heterocycles. The lowest BCUT2D eigenvalue weighted by Crippen LogP contribution is -2.42. The average molecular weight is 438 g/mol. The van der Waals surface area contributed by atoms with Crippen LogP contribution in [0.3, 0.4) is 0 Å². The summed E-state index contributed by atoms with van der Waals surface area (Å²) in [5.74, 6) is 0.212. The van der Waals surface area contributed by atoms with Crippen LogP contribution >= 0.6 is 0 Å². The van der Waals surface area contributed by atoms with Gasteiger partial charge in [-0.1, -0.05) is 66.7 Å². The summed E-state index contributed by atoms with van der Waals surface area (Å²) in [5.41, 5.74) is 2.75. The summed E-state index contributed by atoms with van der Waals surface area (Å²) in [4.78, 5) is 9.45. The van der Waals surface area contributed by atoms with Crippen LogP contribution in [0.5, 0.6) is 0 Å². The second-order valence-corrected chi connectivity index (χ2v) is 8.10. The smallest absolute Gasteiger partial charge is 0.332 e. The highest BCUT2D eigenvalue weighted by atomic mass is 16.5. The summed E-state index contributed by atoms with van der Waals surface area (Å²) in [6.45, 7) is 7.16. The van der Waals surface area contributed by atoms with Crippen molar-refractivity contribution in [3.63, 3.8) is 0 Å². The Balaban J connectivity index is 0.000000534. The van der Waals surface area contributed by atoms with Crippen LogP contribution < -0.4 is 5.32 Å². The van der Waals surface area contributed by atoms with E-state index < -0.39 is 12.1 Å². The fourth-order valence-corrected chi connectivity index (χ4v) is 3.52. The largest absolute Gasteiger partial charge is 0.494 e. The summed E-state index contributed by atoms with van der Waals surface area (Å²) in [6, 6.07) is 21.6. The number of nitrogens with one attached hydrogen (secondary N) is 1. The molecule has 32 heavy (non-hydrogen) atoms. The third-order valence-corrected chi connectivity index (χ3v) is 5.38. The van der Waals surface area contributed by atoms with Crippen LogP contribution in [0, 0.1) is 0 Å². The highest BCUT2D eigenvalue weighted by molar-refractivity contribution is 5.71. The van der Waals surface area contributed by atoms with Crippen molar-refractivity contribution in [1.29, 1.82) is 0 Å². The summed E-state index contributed by atoms with van der Waals surface area (Å²) >= 11 is 0. The number of aliphatic carboxylic acids is 1. The van der Waals surface area contributed by atoms with Crippen LogP contribution in [-0.2, 0) is 9.53 Å². The number of carboxylic acid groups (broad SMARTS) is 1. The number of aliphatic hydroxyl groups excluding tert-OH is 1. The molecule has 2 atom stereocenters. The number of hydrogen-bond donors (Lipinski definition) is 3. The third-order valence-electron chi connectivity index (χ3n) is 5.38. The van der Waals surface area contributed by atoms with E-state index in [2.05, 4.69) is 91.1 Å². The van der Waals surface area contributed by atoms with Gasteiger partial charge in [0, 0.05) is 11.5 Å². The SMILES string of the molecule is CC(O)C(=O)O.CCOC1=CCC(C)(NCCC(c2ccccc2)c2ccccc2)C=C1. The maximum Gasteiger partial charge on any atom is 0.332 e. The Morgan fingerprint density at radius 2 is 1.62 bits per heavy atom.